The zero-order chi connectivity index (χ0) is 26.8. The molecule has 12 nitrogen and oxygen atoms in total. The van der Waals surface area contributed by atoms with Gasteiger partial charge in [-0.25, -0.2) is 9.97 Å². The van der Waals surface area contributed by atoms with Crippen LogP contribution in [0.2, 0.25) is 0 Å². The maximum Gasteiger partial charge on any atom is 0.266 e. The number of anilines is 4. The molecule has 1 aromatic carbocycles. The topological polar surface area (TPSA) is 151 Å². The largest absolute Gasteiger partial charge is 0.394 e. The minimum Gasteiger partial charge on any atom is -0.394 e. The number of nitrogens with zero attached hydrogens (tertiary/aromatic N) is 5. The van der Waals surface area contributed by atoms with Crippen molar-refractivity contribution in [3.05, 3.63) is 71.5 Å². The lowest BCUT2D eigenvalue weighted by molar-refractivity contribution is 0.0958. The van der Waals surface area contributed by atoms with Crippen molar-refractivity contribution < 1.29 is 19.2 Å². The van der Waals surface area contributed by atoms with Gasteiger partial charge in [0.15, 0.2) is 0 Å². The number of hydrogen-bond donors (Lipinski definition) is 4. The number of pyridine rings is 2. The first-order chi connectivity index (χ1) is 19.1. The number of aromatic nitrogens is 4. The Morgan fingerprint density at radius 1 is 1.10 bits per heavy atom. The van der Waals surface area contributed by atoms with Crippen LogP contribution in [0.25, 0.3) is 11.5 Å². The maximum atomic E-state index is 12.1. The molecule has 3 aromatic heterocycles. The molecule has 0 spiro atoms. The Kier molecular flexibility index (Phi) is 6.78. The number of carbonyl (C=O) groups excluding carboxylic acids is 1. The first-order valence-corrected chi connectivity index (χ1v) is 12.8. The van der Waals surface area contributed by atoms with E-state index in [4.69, 9.17) is 9.26 Å². The monoisotopic (exact) mass is 528 g/mol. The van der Waals surface area contributed by atoms with E-state index in [0.717, 1.165) is 5.56 Å². The molecule has 2 aliphatic rings. The molecule has 1 saturated heterocycles. The molecule has 6 rings (SSSR count). The predicted octanol–water partition coefficient (Wildman–Crippen LogP) is 3.06. The van der Waals surface area contributed by atoms with Crippen LogP contribution in [-0.4, -0.2) is 64.0 Å². The predicted molar refractivity (Wildman–Crippen MR) is 144 cm³/mol. The molecule has 0 bridgehead atoms. The summed E-state index contributed by atoms with van der Waals surface area (Å²) >= 11 is 0. The molecule has 0 aliphatic carbocycles. The lowest BCUT2D eigenvalue weighted by Crippen LogP contribution is -2.36. The molecular formula is C27H28N8O4. The summed E-state index contributed by atoms with van der Waals surface area (Å²) in [6, 6.07) is 14.4. The maximum absolute atomic E-state index is 12.1. The molecule has 0 saturated carbocycles. The number of carbonyl (C=O) groups is 1. The average Bonchev–Trinajstić information content (AvgIpc) is 3.57. The van der Waals surface area contributed by atoms with Crippen molar-refractivity contribution in [2.75, 3.05) is 48.4 Å². The molecule has 2 atom stereocenters. The van der Waals surface area contributed by atoms with E-state index in [-0.39, 0.29) is 18.6 Å². The van der Waals surface area contributed by atoms with Crippen LogP contribution in [0.1, 0.15) is 40.6 Å². The molecule has 4 N–H and O–H groups in total. The molecule has 2 aliphatic heterocycles. The molecular weight excluding hydrogens is 500 g/mol. The third-order valence-corrected chi connectivity index (χ3v) is 6.74. The number of fused-ring (bicyclic) bond motifs is 1. The molecule has 1 unspecified atom stereocenters. The second-order valence-corrected chi connectivity index (χ2v) is 9.35. The van der Waals surface area contributed by atoms with E-state index in [1.54, 1.807) is 24.4 Å². The lowest BCUT2D eigenvalue weighted by Gasteiger charge is -2.24. The number of aliphatic hydroxyl groups is 1. The molecule has 5 heterocycles. The summed E-state index contributed by atoms with van der Waals surface area (Å²) in [5, 5.41) is 23.9. The highest BCUT2D eigenvalue weighted by molar-refractivity contribution is 5.98. The second-order valence-electron chi connectivity index (χ2n) is 9.35. The molecule has 200 valence electrons. The Labute approximate surface area is 224 Å². The standard InChI is InChI=1S/C27H28N8O4/c1-16-24-18(25(37)29-16)7-8-22(32-24)31-23-13-20(30-21(15-36)17-5-3-2-4-6-17)19(14-28-23)26-33-27(34-39-26)35-9-11-38-12-10-35/h2-8,13-14,16,21,36H,9-12,15H2,1H3,(H,29,37)(H2,28,30,31,32)/t16?,21-/m1/s1. The van der Waals surface area contributed by atoms with Gasteiger partial charge in [-0.3, -0.25) is 4.79 Å². The van der Waals surface area contributed by atoms with E-state index in [2.05, 4.69) is 36.1 Å². The van der Waals surface area contributed by atoms with Crippen LogP contribution < -0.4 is 20.9 Å². The zero-order valence-corrected chi connectivity index (χ0v) is 21.3. The number of morpholine rings is 1. The SMILES string of the molecule is CC1NC(=O)c2ccc(Nc3cc(N[C@H](CO)c4ccccc4)c(-c4nc(N5CCOCC5)no4)cn3)nc21. The molecule has 4 aromatic rings. The van der Waals surface area contributed by atoms with Gasteiger partial charge >= 0.3 is 0 Å². The van der Waals surface area contributed by atoms with Crippen LogP contribution in [0.4, 0.5) is 23.3 Å². The van der Waals surface area contributed by atoms with Gasteiger partial charge in [0.25, 0.3) is 17.7 Å². The van der Waals surface area contributed by atoms with E-state index >= 15 is 0 Å². The molecule has 12 heteroatoms. The minimum atomic E-state index is -0.391. The normalized spacial score (nSPS) is 17.4. The van der Waals surface area contributed by atoms with Crippen molar-refractivity contribution in [3.63, 3.8) is 0 Å². The first-order valence-electron chi connectivity index (χ1n) is 12.8. The van der Waals surface area contributed by atoms with E-state index in [0.29, 0.717) is 72.3 Å². The summed E-state index contributed by atoms with van der Waals surface area (Å²) in [5.41, 5.74) is 3.40. The van der Waals surface area contributed by atoms with Crippen molar-refractivity contribution >= 4 is 29.2 Å². The molecule has 0 radical (unpaired) electrons. The van der Waals surface area contributed by atoms with E-state index in [9.17, 15) is 9.90 Å². The summed E-state index contributed by atoms with van der Waals surface area (Å²) < 4.78 is 11.1. The summed E-state index contributed by atoms with van der Waals surface area (Å²) in [5.74, 6) is 1.73. The van der Waals surface area contributed by atoms with Gasteiger partial charge in [0, 0.05) is 25.4 Å². The van der Waals surface area contributed by atoms with Gasteiger partial charge < -0.3 is 35.2 Å². The Bertz CT molecular complexity index is 1470. The van der Waals surface area contributed by atoms with Gasteiger partial charge in [0.05, 0.1) is 54.4 Å². The van der Waals surface area contributed by atoms with Gasteiger partial charge in [-0.2, -0.15) is 4.98 Å². The van der Waals surface area contributed by atoms with Crippen molar-refractivity contribution in [1.29, 1.82) is 0 Å². The third-order valence-electron chi connectivity index (χ3n) is 6.74. The average molecular weight is 529 g/mol. The van der Waals surface area contributed by atoms with Crippen molar-refractivity contribution in [1.82, 2.24) is 25.4 Å². The van der Waals surface area contributed by atoms with Crippen molar-refractivity contribution in [3.8, 4) is 11.5 Å². The smallest absolute Gasteiger partial charge is 0.266 e. The summed E-state index contributed by atoms with van der Waals surface area (Å²) in [6.45, 7) is 4.33. The van der Waals surface area contributed by atoms with E-state index in [1.165, 1.54) is 0 Å². The highest BCUT2D eigenvalue weighted by Gasteiger charge is 2.27. The number of benzene rings is 1. The Balaban J connectivity index is 1.33. The van der Waals surface area contributed by atoms with Gasteiger partial charge in [0.1, 0.15) is 11.6 Å². The zero-order valence-electron chi connectivity index (χ0n) is 21.3. The first kappa shape index (κ1) is 24.8. The fourth-order valence-corrected chi connectivity index (χ4v) is 4.68. The number of aliphatic hydroxyl groups excluding tert-OH is 1. The van der Waals surface area contributed by atoms with E-state index in [1.807, 2.05) is 42.2 Å². The number of hydrogen-bond acceptors (Lipinski definition) is 11. The third kappa shape index (κ3) is 5.11. The Hall–Kier alpha value is -4.55. The number of ether oxygens (including phenoxy) is 1. The van der Waals surface area contributed by atoms with Gasteiger partial charge in [-0.1, -0.05) is 30.3 Å². The van der Waals surface area contributed by atoms with Gasteiger partial charge in [0.2, 0.25) is 0 Å². The fraction of sp³-hybridized carbons (Fsp3) is 0.296. The van der Waals surface area contributed by atoms with Crippen LogP contribution in [-0.2, 0) is 4.74 Å². The fourth-order valence-electron chi connectivity index (χ4n) is 4.68. The van der Waals surface area contributed by atoms with Crippen molar-refractivity contribution in [2.45, 2.75) is 19.0 Å². The second kappa shape index (κ2) is 10.7. The summed E-state index contributed by atoms with van der Waals surface area (Å²) in [6.07, 6.45) is 1.64. The van der Waals surface area contributed by atoms with Crippen LogP contribution in [0.3, 0.4) is 0 Å². The minimum absolute atomic E-state index is 0.127. The Morgan fingerprint density at radius 2 is 1.92 bits per heavy atom. The highest BCUT2D eigenvalue weighted by atomic mass is 16.5. The highest BCUT2D eigenvalue weighted by Crippen LogP contribution is 2.33. The Morgan fingerprint density at radius 3 is 2.72 bits per heavy atom. The molecule has 39 heavy (non-hydrogen) atoms. The van der Waals surface area contributed by atoms with Crippen LogP contribution >= 0.6 is 0 Å². The van der Waals surface area contributed by atoms with E-state index < -0.39 is 6.04 Å². The van der Waals surface area contributed by atoms with Crippen LogP contribution in [0, 0.1) is 0 Å². The lowest BCUT2D eigenvalue weighted by atomic mass is 10.1. The molecule has 1 fully saturated rings. The summed E-state index contributed by atoms with van der Waals surface area (Å²) in [4.78, 5) is 27.9. The van der Waals surface area contributed by atoms with Gasteiger partial charge in [-0.15, -0.1) is 0 Å². The quantitative estimate of drug-likeness (QED) is 0.267. The summed E-state index contributed by atoms with van der Waals surface area (Å²) in [7, 11) is 0. The number of nitrogens with one attached hydrogen (secondary N) is 3. The molecule has 1 amide bonds. The van der Waals surface area contributed by atoms with Gasteiger partial charge in [-0.05, 0) is 29.8 Å². The van der Waals surface area contributed by atoms with Crippen LogP contribution in [0.5, 0.6) is 0 Å². The number of rotatable bonds is 8. The number of amides is 1. The van der Waals surface area contributed by atoms with Crippen molar-refractivity contribution in [2.24, 2.45) is 0 Å². The van der Waals surface area contributed by atoms with Crippen LogP contribution in [0.15, 0.2) is 59.3 Å².